The fourth-order valence-electron chi connectivity index (χ4n) is 3.68. The van der Waals surface area contributed by atoms with Crippen molar-refractivity contribution in [1.82, 2.24) is 29.7 Å². The molecule has 5 aromatic rings. The number of ether oxygens (including phenoxy) is 1. The van der Waals surface area contributed by atoms with Gasteiger partial charge in [-0.3, -0.25) is 9.59 Å². The third-order valence-electron chi connectivity index (χ3n) is 5.25. The molecule has 0 aliphatic carbocycles. The van der Waals surface area contributed by atoms with Gasteiger partial charge in [-0.15, -0.1) is 16.4 Å². The Labute approximate surface area is 214 Å². The van der Waals surface area contributed by atoms with Crippen LogP contribution in [-0.4, -0.2) is 42.7 Å². The molecule has 0 saturated heterocycles. The number of anilines is 1. The van der Waals surface area contributed by atoms with Crippen LogP contribution in [0.25, 0.3) is 11.3 Å². The second-order valence-electron chi connectivity index (χ2n) is 7.68. The van der Waals surface area contributed by atoms with Gasteiger partial charge in [-0.25, -0.2) is 14.2 Å². The highest BCUT2D eigenvalue weighted by atomic mass is 35.5. The molecule has 0 atom stereocenters. The highest BCUT2D eigenvalue weighted by molar-refractivity contribution is 7.08. The number of hydrogen-bond donors (Lipinski definition) is 2. The van der Waals surface area contributed by atoms with Crippen molar-refractivity contribution >= 4 is 46.0 Å². The molecule has 5 aromatic heterocycles. The summed E-state index contributed by atoms with van der Waals surface area (Å²) in [7, 11) is 0. The van der Waals surface area contributed by atoms with E-state index >= 15 is 0 Å². The number of rotatable bonds is 7. The van der Waals surface area contributed by atoms with E-state index in [0.29, 0.717) is 28.6 Å². The summed E-state index contributed by atoms with van der Waals surface area (Å²) in [5.74, 6) is 0.121. The van der Waals surface area contributed by atoms with E-state index in [1.165, 1.54) is 26.6 Å². The number of carbonyl (C=O) groups excluding carboxylic acids is 2. The first-order valence-electron chi connectivity index (χ1n) is 10.9. The maximum absolute atomic E-state index is 13.6. The van der Waals surface area contributed by atoms with Gasteiger partial charge >= 0.3 is 0 Å². The van der Waals surface area contributed by atoms with E-state index in [9.17, 15) is 9.59 Å². The number of amides is 2. The summed E-state index contributed by atoms with van der Waals surface area (Å²) in [6, 6.07) is 10.2. The highest BCUT2D eigenvalue weighted by Crippen LogP contribution is 2.28. The molecule has 5 heterocycles. The Bertz CT molecular complexity index is 1580. The van der Waals surface area contributed by atoms with Gasteiger partial charge in [-0.1, -0.05) is 11.6 Å². The van der Waals surface area contributed by atoms with Crippen molar-refractivity contribution in [2.24, 2.45) is 0 Å². The normalized spacial score (nSPS) is 11.0. The van der Waals surface area contributed by atoms with Crippen molar-refractivity contribution in [3.63, 3.8) is 0 Å². The number of hydrogen-bond acceptors (Lipinski definition) is 7. The first-order valence-corrected chi connectivity index (χ1v) is 12.3. The summed E-state index contributed by atoms with van der Waals surface area (Å²) in [4.78, 5) is 30.9. The molecule has 2 amide bonds. The molecule has 182 valence electrons. The zero-order chi connectivity index (χ0) is 25.2. The van der Waals surface area contributed by atoms with Crippen LogP contribution in [0, 0.1) is 6.92 Å². The molecule has 2 N–H and O–H groups in total. The number of nitrogens with one attached hydrogen (secondary N) is 2. The second kappa shape index (κ2) is 9.80. The van der Waals surface area contributed by atoms with Gasteiger partial charge in [0.05, 0.1) is 22.4 Å². The van der Waals surface area contributed by atoms with E-state index in [1.807, 2.05) is 30.7 Å². The van der Waals surface area contributed by atoms with Crippen LogP contribution in [-0.2, 0) is 0 Å². The first kappa shape index (κ1) is 23.5. The van der Waals surface area contributed by atoms with Crippen molar-refractivity contribution in [3.8, 4) is 17.4 Å². The number of aryl methyl sites for hydroxylation is 1. The number of pyridine rings is 2. The lowest BCUT2D eigenvalue weighted by Crippen LogP contribution is -2.28. The third-order valence-corrected chi connectivity index (χ3v) is 6.20. The Morgan fingerprint density at radius 3 is 2.78 bits per heavy atom. The number of fused-ring (bicyclic) bond motifs is 1. The maximum Gasteiger partial charge on any atom is 0.274 e. The number of halogens is 1. The molecular formula is C24H20ClN7O3S. The molecule has 0 spiro atoms. The molecule has 0 fully saturated rings. The Hall–Kier alpha value is -4.22. The van der Waals surface area contributed by atoms with Gasteiger partial charge in [0, 0.05) is 24.2 Å². The Kier molecular flexibility index (Phi) is 6.40. The topological polar surface area (TPSA) is 115 Å². The molecule has 0 saturated carbocycles. The minimum atomic E-state index is -0.537. The monoisotopic (exact) mass is 521 g/mol. The molecule has 5 rings (SSSR count). The Morgan fingerprint density at radius 2 is 2.03 bits per heavy atom. The zero-order valence-electron chi connectivity index (χ0n) is 19.2. The lowest BCUT2D eigenvalue weighted by Gasteiger charge is -2.16. The lowest BCUT2D eigenvalue weighted by atomic mass is 10.1. The number of thiophene rings is 1. The molecule has 0 bridgehead atoms. The molecule has 36 heavy (non-hydrogen) atoms. The minimum Gasteiger partial charge on any atom is -0.437 e. The molecule has 12 heteroatoms. The minimum absolute atomic E-state index is 0.114. The fourth-order valence-corrected chi connectivity index (χ4v) is 4.44. The molecular weight excluding hydrogens is 502 g/mol. The smallest absolute Gasteiger partial charge is 0.274 e. The van der Waals surface area contributed by atoms with E-state index in [-0.39, 0.29) is 29.0 Å². The van der Waals surface area contributed by atoms with Crippen molar-refractivity contribution in [3.05, 3.63) is 81.5 Å². The molecule has 0 unspecified atom stereocenters. The third kappa shape index (κ3) is 4.41. The standard InChI is InChI=1S/C24H20ClN7O3S/c1-3-26-24(34)21-20(14(2)11-15-6-9-28-31(15)21)29-23(33)18-12-19(35-16-7-10-36-13-16)30-32(18)22-17(25)5-4-8-27-22/h4-13H,3H2,1-2H3,(H,26,34)(H,29,33). The van der Waals surface area contributed by atoms with Crippen molar-refractivity contribution in [2.75, 3.05) is 11.9 Å². The van der Waals surface area contributed by atoms with E-state index in [2.05, 4.69) is 25.8 Å². The van der Waals surface area contributed by atoms with Gasteiger partial charge in [-0.2, -0.15) is 5.10 Å². The van der Waals surface area contributed by atoms with E-state index < -0.39 is 5.91 Å². The van der Waals surface area contributed by atoms with Crippen LogP contribution < -0.4 is 15.4 Å². The van der Waals surface area contributed by atoms with E-state index in [0.717, 1.165) is 5.52 Å². The van der Waals surface area contributed by atoms with Crippen LogP contribution in [0.2, 0.25) is 5.02 Å². The molecule has 0 radical (unpaired) electrons. The largest absolute Gasteiger partial charge is 0.437 e. The number of aromatic nitrogens is 5. The van der Waals surface area contributed by atoms with Crippen LogP contribution >= 0.6 is 22.9 Å². The molecule has 0 aliphatic rings. The molecule has 10 nitrogen and oxygen atoms in total. The van der Waals surface area contributed by atoms with Gasteiger partial charge < -0.3 is 15.4 Å². The van der Waals surface area contributed by atoms with Crippen LogP contribution in [0.3, 0.4) is 0 Å². The quantitative estimate of drug-likeness (QED) is 0.320. The highest BCUT2D eigenvalue weighted by Gasteiger charge is 2.25. The predicted octanol–water partition coefficient (Wildman–Crippen LogP) is 4.73. The molecule has 0 aromatic carbocycles. The Balaban J connectivity index is 1.59. The van der Waals surface area contributed by atoms with Crippen LogP contribution in [0.4, 0.5) is 5.69 Å². The number of carbonyl (C=O) groups is 2. The summed E-state index contributed by atoms with van der Waals surface area (Å²) in [5.41, 5.74) is 2.06. The predicted molar refractivity (Wildman–Crippen MR) is 137 cm³/mol. The van der Waals surface area contributed by atoms with Gasteiger partial charge in [0.25, 0.3) is 11.8 Å². The SMILES string of the molecule is CCNC(=O)c1c(NC(=O)c2cc(Oc3ccsc3)nn2-c2ncccc2Cl)c(C)cc2ccnn12. The van der Waals surface area contributed by atoms with E-state index in [4.69, 9.17) is 16.3 Å². The summed E-state index contributed by atoms with van der Waals surface area (Å²) < 4.78 is 8.62. The van der Waals surface area contributed by atoms with Crippen molar-refractivity contribution < 1.29 is 14.3 Å². The van der Waals surface area contributed by atoms with Crippen LogP contribution in [0.1, 0.15) is 33.5 Å². The van der Waals surface area contributed by atoms with Crippen LogP contribution in [0.5, 0.6) is 11.6 Å². The van der Waals surface area contributed by atoms with E-state index in [1.54, 1.807) is 36.7 Å². The first-order chi connectivity index (χ1) is 17.5. The van der Waals surface area contributed by atoms with Gasteiger partial charge in [0.15, 0.2) is 11.5 Å². The maximum atomic E-state index is 13.6. The Morgan fingerprint density at radius 1 is 1.17 bits per heavy atom. The fraction of sp³-hybridized carbons (Fsp3) is 0.125. The van der Waals surface area contributed by atoms with Gasteiger partial charge in [0.1, 0.15) is 11.4 Å². The zero-order valence-corrected chi connectivity index (χ0v) is 20.8. The number of nitrogens with zero attached hydrogens (tertiary/aromatic N) is 5. The molecule has 0 aliphatic heterocycles. The summed E-state index contributed by atoms with van der Waals surface area (Å²) in [6.07, 6.45) is 3.14. The van der Waals surface area contributed by atoms with Crippen molar-refractivity contribution in [2.45, 2.75) is 13.8 Å². The van der Waals surface area contributed by atoms with Crippen LogP contribution in [0.15, 0.2) is 59.6 Å². The summed E-state index contributed by atoms with van der Waals surface area (Å²) >= 11 is 7.84. The van der Waals surface area contributed by atoms with Gasteiger partial charge in [-0.05, 0) is 55.1 Å². The average molecular weight is 522 g/mol. The average Bonchev–Trinajstić information content (AvgIpc) is 3.61. The summed E-state index contributed by atoms with van der Waals surface area (Å²) in [6.45, 7) is 4.04. The van der Waals surface area contributed by atoms with Crippen molar-refractivity contribution in [1.29, 1.82) is 0 Å². The lowest BCUT2D eigenvalue weighted by molar-refractivity contribution is 0.0949. The summed E-state index contributed by atoms with van der Waals surface area (Å²) in [5, 5.41) is 18.3. The van der Waals surface area contributed by atoms with Gasteiger partial charge in [0.2, 0.25) is 5.88 Å². The second-order valence-corrected chi connectivity index (χ2v) is 8.87.